The van der Waals surface area contributed by atoms with Crippen LogP contribution < -0.4 is 5.32 Å². The van der Waals surface area contributed by atoms with Crippen molar-refractivity contribution in [2.45, 2.75) is 30.3 Å². The molecule has 0 radical (unpaired) electrons. The van der Waals surface area contributed by atoms with Gasteiger partial charge in [0.15, 0.2) is 5.78 Å². The van der Waals surface area contributed by atoms with Crippen molar-refractivity contribution < 1.29 is 22.8 Å². The van der Waals surface area contributed by atoms with Gasteiger partial charge in [0.05, 0.1) is 15.8 Å². The summed E-state index contributed by atoms with van der Waals surface area (Å²) in [4.78, 5) is 27.1. The van der Waals surface area contributed by atoms with Crippen molar-refractivity contribution in [3.63, 3.8) is 0 Å². The summed E-state index contributed by atoms with van der Waals surface area (Å²) < 4.78 is 37.9. The van der Waals surface area contributed by atoms with Crippen LogP contribution >= 0.6 is 23.4 Å². The SMILES string of the molecule is CC(=O)c1ccc(NC(=O)[C@H](C)Sc2ncc(C(F)(F)F)cc2Cl)cc1. The molecule has 0 saturated carbocycles. The van der Waals surface area contributed by atoms with Gasteiger partial charge in [-0.15, -0.1) is 0 Å². The number of alkyl halides is 3. The molecule has 4 nitrogen and oxygen atoms in total. The molecule has 0 aliphatic heterocycles. The molecule has 1 N–H and O–H groups in total. The zero-order valence-corrected chi connectivity index (χ0v) is 15.3. The van der Waals surface area contributed by atoms with Gasteiger partial charge in [0.1, 0.15) is 5.03 Å². The molecule has 0 unspecified atom stereocenters. The number of carbonyl (C=O) groups is 2. The number of rotatable bonds is 5. The first-order chi connectivity index (χ1) is 12.1. The molecule has 0 bridgehead atoms. The van der Waals surface area contributed by atoms with E-state index in [9.17, 15) is 22.8 Å². The molecule has 1 amide bonds. The molecule has 2 aromatic rings. The summed E-state index contributed by atoms with van der Waals surface area (Å²) in [5.74, 6) is -0.460. The number of halogens is 4. The number of anilines is 1. The Morgan fingerprint density at radius 3 is 2.35 bits per heavy atom. The van der Waals surface area contributed by atoms with Crippen molar-refractivity contribution in [2.75, 3.05) is 5.32 Å². The highest BCUT2D eigenvalue weighted by Crippen LogP contribution is 2.35. The second-order valence-corrected chi connectivity index (χ2v) is 7.13. The number of amides is 1. The number of thioether (sulfide) groups is 1. The standard InChI is InChI=1S/C17H14ClF3N2O2S/c1-9(24)11-3-5-13(6-4-11)23-15(25)10(2)26-16-14(18)7-12(8-22-16)17(19,20)21/h3-8,10H,1-2H3,(H,23,25)/t10-/m0/s1. The number of Topliss-reactive ketones (excluding diaryl/α,β-unsaturated/α-hetero) is 1. The van der Waals surface area contributed by atoms with Crippen LogP contribution in [0.1, 0.15) is 29.8 Å². The topological polar surface area (TPSA) is 59.1 Å². The quantitative estimate of drug-likeness (QED) is 0.560. The van der Waals surface area contributed by atoms with Crippen LogP contribution in [-0.2, 0) is 11.0 Å². The van der Waals surface area contributed by atoms with Gasteiger partial charge >= 0.3 is 6.18 Å². The summed E-state index contributed by atoms with van der Waals surface area (Å²) in [6.45, 7) is 3.02. The number of ketones is 1. The number of aromatic nitrogens is 1. The molecule has 1 aromatic heterocycles. The summed E-state index contributed by atoms with van der Waals surface area (Å²) in [5, 5.41) is 1.97. The lowest BCUT2D eigenvalue weighted by Crippen LogP contribution is -2.22. The molecule has 1 atom stereocenters. The van der Waals surface area contributed by atoms with Gasteiger partial charge in [-0.1, -0.05) is 23.4 Å². The fourth-order valence-corrected chi connectivity index (χ4v) is 3.01. The predicted octanol–water partition coefficient (Wildman–Crippen LogP) is 5.08. The van der Waals surface area contributed by atoms with Crippen LogP contribution in [0.25, 0.3) is 0 Å². The lowest BCUT2D eigenvalue weighted by molar-refractivity contribution is -0.137. The largest absolute Gasteiger partial charge is 0.417 e. The second-order valence-electron chi connectivity index (χ2n) is 5.39. The Kier molecular flexibility index (Phi) is 6.30. The average Bonchev–Trinajstić information content (AvgIpc) is 2.56. The lowest BCUT2D eigenvalue weighted by atomic mass is 10.1. The third kappa shape index (κ3) is 5.22. The maximum absolute atomic E-state index is 12.6. The van der Waals surface area contributed by atoms with Gasteiger partial charge in [-0.2, -0.15) is 13.2 Å². The minimum Gasteiger partial charge on any atom is -0.325 e. The Balaban J connectivity index is 2.03. The first-order valence-electron chi connectivity index (χ1n) is 7.39. The number of hydrogen-bond donors (Lipinski definition) is 1. The van der Waals surface area contributed by atoms with Crippen molar-refractivity contribution in [1.29, 1.82) is 0 Å². The molecule has 138 valence electrons. The molecule has 0 fully saturated rings. The van der Waals surface area contributed by atoms with Crippen LogP contribution in [0, 0.1) is 0 Å². The average molecular weight is 403 g/mol. The predicted molar refractivity (Wildman–Crippen MR) is 94.6 cm³/mol. The molecular weight excluding hydrogens is 389 g/mol. The number of hydrogen-bond acceptors (Lipinski definition) is 4. The summed E-state index contributed by atoms with van der Waals surface area (Å²) in [6.07, 6.45) is -3.85. The molecule has 0 saturated heterocycles. The van der Waals surface area contributed by atoms with Gasteiger partial charge in [0.2, 0.25) is 5.91 Å². The zero-order chi connectivity index (χ0) is 19.5. The lowest BCUT2D eigenvalue weighted by Gasteiger charge is -2.13. The third-order valence-electron chi connectivity index (χ3n) is 3.35. The van der Waals surface area contributed by atoms with Crippen LogP contribution in [0.3, 0.4) is 0 Å². The molecule has 0 aliphatic rings. The highest BCUT2D eigenvalue weighted by atomic mass is 35.5. The zero-order valence-electron chi connectivity index (χ0n) is 13.7. The number of pyridine rings is 1. The fourth-order valence-electron chi connectivity index (χ4n) is 1.92. The van der Waals surface area contributed by atoms with Crippen LogP contribution in [0.2, 0.25) is 5.02 Å². The van der Waals surface area contributed by atoms with Gasteiger partial charge in [-0.25, -0.2) is 4.98 Å². The fraction of sp³-hybridized carbons (Fsp3) is 0.235. The molecule has 0 spiro atoms. The molecule has 2 rings (SSSR count). The smallest absolute Gasteiger partial charge is 0.325 e. The van der Waals surface area contributed by atoms with E-state index < -0.39 is 17.0 Å². The number of benzene rings is 1. The van der Waals surface area contributed by atoms with Gasteiger partial charge in [0, 0.05) is 17.4 Å². The van der Waals surface area contributed by atoms with Crippen LogP contribution in [0.15, 0.2) is 41.6 Å². The van der Waals surface area contributed by atoms with Crippen molar-refractivity contribution in [3.8, 4) is 0 Å². The maximum Gasteiger partial charge on any atom is 0.417 e. The Morgan fingerprint density at radius 1 is 1.23 bits per heavy atom. The van der Waals surface area contributed by atoms with Crippen molar-refractivity contribution in [3.05, 3.63) is 52.7 Å². The van der Waals surface area contributed by atoms with E-state index in [-0.39, 0.29) is 21.7 Å². The molecule has 26 heavy (non-hydrogen) atoms. The molecule has 9 heteroatoms. The summed E-state index contributed by atoms with van der Waals surface area (Å²) in [7, 11) is 0. The van der Waals surface area contributed by atoms with Crippen LogP contribution in [-0.4, -0.2) is 21.9 Å². The number of carbonyl (C=O) groups excluding carboxylic acids is 2. The van der Waals surface area contributed by atoms with E-state index in [2.05, 4.69) is 10.3 Å². The van der Waals surface area contributed by atoms with E-state index in [1.807, 2.05) is 0 Å². The number of nitrogens with zero attached hydrogens (tertiary/aromatic N) is 1. The van der Waals surface area contributed by atoms with E-state index >= 15 is 0 Å². The van der Waals surface area contributed by atoms with Crippen LogP contribution in [0.5, 0.6) is 0 Å². The van der Waals surface area contributed by atoms with Gasteiger partial charge < -0.3 is 5.32 Å². The van der Waals surface area contributed by atoms with E-state index in [0.29, 0.717) is 17.4 Å². The molecule has 0 aliphatic carbocycles. The molecular formula is C17H14ClF3N2O2S. The first-order valence-corrected chi connectivity index (χ1v) is 8.65. The molecule has 1 heterocycles. The van der Waals surface area contributed by atoms with Gasteiger partial charge in [0.25, 0.3) is 0 Å². The van der Waals surface area contributed by atoms with Crippen molar-refractivity contribution in [1.82, 2.24) is 4.98 Å². The monoisotopic (exact) mass is 402 g/mol. The Hall–Kier alpha value is -2.06. The Morgan fingerprint density at radius 2 is 1.85 bits per heavy atom. The summed E-state index contributed by atoms with van der Waals surface area (Å²) >= 11 is 6.79. The second kappa shape index (κ2) is 8.09. The van der Waals surface area contributed by atoms with Crippen molar-refractivity contribution >= 4 is 40.7 Å². The summed E-state index contributed by atoms with van der Waals surface area (Å²) in [5.41, 5.74) is 0.0691. The number of nitrogens with one attached hydrogen (secondary N) is 1. The normalized spacial score (nSPS) is 12.5. The minimum absolute atomic E-state index is 0.0881. The third-order valence-corrected chi connectivity index (χ3v) is 4.87. The first kappa shape index (κ1) is 20.3. The highest BCUT2D eigenvalue weighted by molar-refractivity contribution is 8.00. The van der Waals surface area contributed by atoms with Gasteiger partial charge in [-0.3, -0.25) is 9.59 Å². The van der Waals surface area contributed by atoms with Crippen molar-refractivity contribution in [2.24, 2.45) is 0 Å². The Labute approximate surface area is 157 Å². The maximum atomic E-state index is 12.6. The Bertz CT molecular complexity index is 826. The van der Waals surface area contributed by atoms with E-state index in [0.717, 1.165) is 17.8 Å². The summed E-state index contributed by atoms with van der Waals surface area (Å²) in [6, 6.07) is 7.14. The van der Waals surface area contributed by atoms with E-state index in [4.69, 9.17) is 11.6 Å². The molecule has 1 aromatic carbocycles. The van der Waals surface area contributed by atoms with Gasteiger partial charge in [-0.05, 0) is 44.2 Å². The minimum atomic E-state index is -4.53. The highest BCUT2D eigenvalue weighted by Gasteiger charge is 2.32. The van der Waals surface area contributed by atoms with E-state index in [1.54, 1.807) is 31.2 Å². The van der Waals surface area contributed by atoms with Crippen LogP contribution in [0.4, 0.5) is 18.9 Å². The van der Waals surface area contributed by atoms with E-state index in [1.165, 1.54) is 6.92 Å².